The molecule has 0 fully saturated rings. The number of anilines is 1. The minimum absolute atomic E-state index is 0.0629. The summed E-state index contributed by atoms with van der Waals surface area (Å²) in [7, 11) is 0. The zero-order chi connectivity index (χ0) is 23.1. The van der Waals surface area contributed by atoms with Gasteiger partial charge in [0, 0.05) is 17.7 Å². The first-order chi connectivity index (χ1) is 14.3. The topological polar surface area (TPSA) is 46.6 Å². The van der Waals surface area contributed by atoms with Crippen molar-refractivity contribution in [2.24, 2.45) is 0 Å². The molecular formula is C21H15F6NO3. The van der Waals surface area contributed by atoms with Crippen molar-refractivity contribution in [3.63, 3.8) is 0 Å². The quantitative estimate of drug-likeness (QED) is 0.448. The van der Waals surface area contributed by atoms with E-state index in [1.165, 1.54) is 44.2 Å². The number of ether oxygens (including phenoxy) is 1. The lowest BCUT2D eigenvalue weighted by Gasteiger charge is -2.26. The van der Waals surface area contributed by atoms with E-state index in [9.17, 15) is 35.9 Å². The predicted molar refractivity (Wildman–Crippen MR) is 98.9 cm³/mol. The van der Waals surface area contributed by atoms with Crippen molar-refractivity contribution in [2.75, 3.05) is 4.90 Å². The van der Waals surface area contributed by atoms with Crippen molar-refractivity contribution in [2.45, 2.75) is 32.1 Å². The van der Waals surface area contributed by atoms with Gasteiger partial charge in [-0.3, -0.25) is 9.59 Å². The highest BCUT2D eigenvalue weighted by Gasteiger charge is 2.58. The van der Waals surface area contributed by atoms with E-state index in [4.69, 9.17) is 4.74 Å². The highest BCUT2D eigenvalue weighted by atomic mass is 19.4. The van der Waals surface area contributed by atoms with E-state index in [0.717, 1.165) is 23.1 Å². The van der Waals surface area contributed by atoms with E-state index in [1.54, 1.807) is 0 Å². The standard InChI is InChI=1S/C21H15F6NO3/c1-11-9-12(2)18(15(10-11)19(20(22,23)24)21(25,26)27)31-14-5-3-13(4-6-14)28-16(29)7-8-17(28)30/h3-10,19H,1-2H3. The Morgan fingerprint density at radius 1 is 0.839 bits per heavy atom. The van der Waals surface area contributed by atoms with Gasteiger partial charge in [-0.15, -0.1) is 0 Å². The molecule has 4 nitrogen and oxygen atoms in total. The van der Waals surface area contributed by atoms with Crippen LogP contribution in [0.15, 0.2) is 48.6 Å². The van der Waals surface area contributed by atoms with E-state index in [-0.39, 0.29) is 22.6 Å². The lowest BCUT2D eigenvalue weighted by Crippen LogP contribution is -2.34. The molecule has 0 bridgehead atoms. The van der Waals surface area contributed by atoms with E-state index in [1.807, 2.05) is 0 Å². The number of imide groups is 1. The number of aryl methyl sites for hydroxylation is 2. The second-order valence-electron chi connectivity index (χ2n) is 6.96. The zero-order valence-electron chi connectivity index (χ0n) is 16.1. The summed E-state index contributed by atoms with van der Waals surface area (Å²) in [6.45, 7) is 2.73. The molecule has 10 heteroatoms. The molecule has 0 saturated heterocycles. The predicted octanol–water partition coefficient (Wildman–Crippen LogP) is 5.73. The van der Waals surface area contributed by atoms with Crippen LogP contribution < -0.4 is 9.64 Å². The molecule has 0 aromatic heterocycles. The molecule has 164 valence electrons. The van der Waals surface area contributed by atoms with Crippen molar-refractivity contribution in [1.29, 1.82) is 0 Å². The lowest BCUT2D eigenvalue weighted by molar-refractivity contribution is -0.253. The van der Waals surface area contributed by atoms with Crippen LogP contribution in [-0.2, 0) is 9.59 Å². The van der Waals surface area contributed by atoms with Gasteiger partial charge in [-0.1, -0.05) is 17.7 Å². The highest BCUT2D eigenvalue weighted by Crippen LogP contribution is 2.50. The summed E-state index contributed by atoms with van der Waals surface area (Å²) in [4.78, 5) is 24.3. The summed E-state index contributed by atoms with van der Waals surface area (Å²) in [6.07, 6.45) is -9.01. The van der Waals surface area contributed by atoms with Gasteiger partial charge in [-0.2, -0.15) is 26.3 Å². The Morgan fingerprint density at radius 3 is 1.84 bits per heavy atom. The molecule has 0 atom stereocenters. The monoisotopic (exact) mass is 443 g/mol. The number of carbonyl (C=O) groups excluding carboxylic acids is 2. The maximum atomic E-state index is 13.3. The summed E-state index contributed by atoms with van der Waals surface area (Å²) in [5.41, 5.74) is -0.564. The van der Waals surface area contributed by atoms with Gasteiger partial charge >= 0.3 is 12.4 Å². The Hall–Kier alpha value is -3.30. The van der Waals surface area contributed by atoms with Gasteiger partial charge in [0.15, 0.2) is 5.92 Å². The van der Waals surface area contributed by atoms with Crippen LogP contribution in [0.2, 0.25) is 0 Å². The number of halogens is 6. The maximum absolute atomic E-state index is 13.3. The number of nitrogens with zero attached hydrogens (tertiary/aromatic N) is 1. The van der Waals surface area contributed by atoms with Crippen molar-refractivity contribution >= 4 is 17.5 Å². The normalized spacial score (nSPS) is 14.7. The van der Waals surface area contributed by atoms with Crippen LogP contribution in [0.25, 0.3) is 0 Å². The fourth-order valence-electron chi connectivity index (χ4n) is 3.32. The molecule has 0 N–H and O–H groups in total. The second kappa shape index (κ2) is 7.75. The van der Waals surface area contributed by atoms with Crippen molar-refractivity contribution < 1.29 is 40.7 Å². The molecule has 2 aromatic rings. The summed E-state index contributed by atoms with van der Waals surface area (Å²) in [6, 6.07) is 7.29. The van der Waals surface area contributed by atoms with E-state index < -0.39 is 41.4 Å². The maximum Gasteiger partial charge on any atom is 0.404 e. The van der Waals surface area contributed by atoms with Crippen LogP contribution in [0.5, 0.6) is 11.5 Å². The number of alkyl halides is 6. The second-order valence-corrected chi connectivity index (χ2v) is 6.96. The molecule has 3 rings (SSSR count). The molecule has 2 amide bonds. The van der Waals surface area contributed by atoms with Crippen LogP contribution in [0.1, 0.15) is 22.6 Å². The molecule has 0 aliphatic carbocycles. The van der Waals surface area contributed by atoms with Crippen LogP contribution >= 0.6 is 0 Å². The Morgan fingerprint density at radius 2 is 1.35 bits per heavy atom. The first-order valence-corrected chi connectivity index (χ1v) is 8.87. The van der Waals surface area contributed by atoms with Crippen LogP contribution in [0, 0.1) is 13.8 Å². The molecular weight excluding hydrogens is 428 g/mol. The number of amides is 2. The number of rotatable bonds is 4. The summed E-state index contributed by atoms with van der Waals surface area (Å²) >= 11 is 0. The molecule has 2 aromatic carbocycles. The third kappa shape index (κ3) is 4.57. The first-order valence-electron chi connectivity index (χ1n) is 8.87. The molecule has 1 heterocycles. The molecule has 0 unspecified atom stereocenters. The first kappa shape index (κ1) is 22.4. The third-order valence-corrected chi connectivity index (χ3v) is 4.54. The Kier molecular flexibility index (Phi) is 5.60. The SMILES string of the molecule is Cc1cc(C)c(Oc2ccc(N3C(=O)C=CC3=O)cc2)c(C(C(F)(F)F)C(F)(F)F)c1. The minimum Gasteiger partial charge on any atom is -0.457 e. The fourth-order valence-corrected chi connectivity index (χ4v) is 3.32. The third-order valence-electron chi connectivity index (χ3n) is 4.54. The molecule has 0 saturated carbocycles. The summed E-state index contributed by atoms with van der Waals surface area (Å²) in [5.74, 6) is -5.50. The van der Waals surface area contributed by atoms with Gasteiger partial charge in [0.2, 0.25) is 0 Å². The number of benzene rings is 2. The average molecular weight is 443 g/mol. The van der Waals surface area contributed by atoms with Gasteiger partial charge in [0.1, 0.15) is 11.5 Å². The fraction of sp³-hybridized carbons (Fsp3) is 0.238. The molecule has 31 heavy (non-hydrogen) atoms. The zero-order valence-corrected chi connectivity index (χ0v) is 16.1. The van der Waals surface area contributed by atoms with E-state index >= 15 is 0 Å². The van der Waals surface area contributed by atoms with Gasteiger partial charge < -0.3 is 4.74 Å². The van der Waals surface area contributed by atoms with E-state index in [2.05, 4.69) is 0 Å². The summed E-state index contributed by atoms with van der Waals surface area (Å²) < 4.78 is 85.4. The summed E-state index contributed by atoms with van der Waals surface area (Å²) in [5, 5.41) is 0. The highest BCUT2D eigenvalue weighted by molar-refractivity contribution is 6.28. The Balaban J connectivity index is 2.00. The van der Waals surface area contributed by atoms with Gasteiger partial charge in [-0.25, -0.2) is 4.90 Å². The van der Waals surface area contributed by atoms with Gasteiger partial charge in [0.25, 0.3) is 11.8 Å². The van der Waals surface area contributed by atoms with Crippen molar-refractivity contribution in [3.8, 4) is 11.5 Å². The van der Waals surface area contributed by atoms with Gasteiger partial charge in [0.05, 0.1) is 5.69 Å². The van der Waals surface area contributed by atoms with Gasteiger partial charge in [-0.05, 0) is 43.7 Å². The van der Waals surface area contributed by atoms with Crippen molar-refractivity contribution in [1.82, 2.24) is 0 Å². The Labute approximate surface area is 172 Å². The number of carbonyl (C=O) groups is 2. The Bertz CT molecular complexity index is 1020. The largest absolute Gasteiger partial charge is 0.457 e. The van der Waals surface area contributed by atoms with Crippen LogP contribution in [0.3, 0.4) is 0 Å². The van der Waals surface area contributed by atoms with Crippen LogP contribution in [0.4, 0.5) is 32.0 Å². The molecule has 1 aliphatic heterocycles. The number of hydrogen-bond donors (Lipinski definition) is 0. The average Bonchev–Trinajstić information content (AvgIpc) is 2.94. The van der Waals surface area contributed by atoms with Crippen molar-refractivity contribution in [3.05, 3.63) is 65.2 Å². The minimum atomic E-state index is -5.58. The van der Waals surface area contributed by atoms with E-state index in [0.29, 0.717) is 0 Å². The molecule has 0 spiro atoms. The molecule has 0 radical (unpaired) electrons. The smallest absolute Gasteiger partial charge is 0.404 e. The van der Waals surface area contributed by atoms with Crippen LogP contribution in [-0.4, -0.2) is 24.2 Å². The molecule has 1 aliphatic rings. The lowest BCUT2D eigenvalue weighted by atomic mass is 9.93. The number of hydrogen-bond acceptors (Lipinski definition) is 3.